The number of carbonyl (C=O) groups excluding carboxylic acids is 1. The zero-order valence-corrected chi connectivity index (χ0v) is 13.0. The summed E-state index contributed by atoms with van der Waals surface area (Å²) in [5.74, 6) is -0.894. The van der Waals surface area contributed by atoms with Gasteiger partial charge in [-0.25, -0.2) is 4.79 Å². The zero-order chi connectivity index (χ0) is 16.7. The molecule has 2 rings (SSSR count). The van der Waals surface area contributed by atoms with Gasteiger partial charge in [-0.1, -0.05) is 48.6 Å². The maximum Gasteiger partial charge on any atom is 0.334 e. The topological polar surface area (TPSA) is 73.9 Å². The normalized spacial score (nSPS) is 18.9. The van der Waals surface area contributed by atoms with E-state index in [1.54, 1.807) is 13.0 Å². The van der Waals surface area contributed by atoms with Crippen molar-refractivity contribution in [3.63, 3.8) is 0 Å². The Morgan fingerprint density at radius 2 is 2.04 bits per heavy atom. The number of allylic oxidation sites excluding steroid dienone is 2. The van der Waals surface area contributed by atoms with Gasteiger partial charge < -0.3 is 4.74 Å². The summed E-state index contributed by atoms with van der Waals surface area (Å²) in [7, 11) is 0. The van der Waals surface area contributed by atoms with E-state index in [0.29, 0.717) is 12.0 Å². The van der Waals surface area contributed by atoms with E-state index in [2.05, 4.69) is 12.1 Å². The number of hydrogen-bond acceptors (Lipinski definition) is 4. The van der Waals surface area contributed by atoms with E-state index in [0.717, 1.165) is 5.56 Å². The Bertz CT molecular complexity index is 691. The summed E-state index contributed by atoms with van der Waals surface area (Å²) in [4.78, 5) is 12.1. The summed E-state index contributed by atoms with van der Waals surface area (Å²) in [6, 6.07) is 13.9. The van der Waals surface area contributed by atoms with Gasteiger partial charge in [0.15, 0.2) is 5.41 Å². The first-order chi connectivity index (χ1) is 11.2. The van der Waals surface area contributed by atoms with Crippen molar-refractivity contribution in [1.29, 1.82) is 10.5 Å². The molecule has 0 amide bonds. The molecule has 0 saturated carbocycles. The molecule has 0 aliphatic heterocycles. The van der Waals surface area contributed by atoms with E-state index in [4.69, 9.17) is 4.74 Å². The Morgan fingerprint density at radius 1 is 1.35 bits per heavy atom. The minimum absolute atomic E-state index is 0.262. The first kappa shape index (κ1) is 16.5. The van der Waals surface area contributed by atoms with Gasteiger partial charge >= 0.3 is 5.97 Å². The van der Waals surface area contributed by atoms with Crippen LogP contribution in [0.1, 0.15) is 25.3 Å². The van der Waals surface area contributed by atoms with Gasteiger partial charge in [-0.15, -0.1) is 0 Å². The van der Waals surface area contributed by atoms with Crippen LogP contribution in [0.25, 0.3) is 6.08 Å². The molecule has 0 spiro atoms. The molecule has 0 aromatic heterocycles. The first-order valence-corrected chi connectivity index (χ1v) is 7.58. The van der Waals surface area contributed by atoms with Crippen molar-refractivity contribution in [3.8, 4) is 12.1 Å². The third-order valence-corrected chi connectivity index (χ3v) is 4.01. The molecule has 0 N–H and O–H groups in total. The molecule has 1 aliphatic carbocycles. The molecule has 4 heteroatoms. The van der Waals surface area contributed by atoms with E-state index < -0.39 is 17.3 Å². The molecular weight excluding hydrogens is 288 g/mol. The van der Waals surface area contributed by atoms with Gasteiger partial charge in [0.05, 0.1) is 18.7 Å². The number of ether oxygens (including phenoxy) is 1. The predicted molar refractivity (Wildman–Crippen MR) is 86.6 cm³/mol. The van der Waals surface area contributed by atoms with E-state index in [9.17, 15) is 15.3 Å². The smallest absolute Gasteiger partial charge is 0.334 e. The van der Waals surface area contributed by atoms with Crippen molar-refractivity contribution in [2.24, 2.45) is 11.3 Å². The van der Waals surface area contributed by atoms with Crippen molar-refractivity contribution in [3.05, 3.63) is 53.6 Å². The van der Waals surface area contributed by atoms with Crippen LogP contribution in [0.15, 0.2) is 48.1 Å². The monoisotopic (exact) mass is 306 g/mol. The summed E-state index contributed by atoms with van der Waals surface area (Å²) < 4.78 is 5.05. The molecule has 1 unspecified atom stereocenters. The maximum atomic E-state index is 12.1. The molecule has 1 atom stereocenters. The number of rotatable bonds is 5. The van der Waals surface area contributed by atoms with Crippen LogP contribution >= 0.6 is 0 Å². The van der Waals surface area contributed by atoms with Crippen LogP contribution in [0.5, 0.6) is 0 Å². The van der Waals surface area contributed by atoms with Gasteiger partial charge in [0.1, 0.15) is 0 Å². The van der Waals surface area contributed by atoms with E-state index >= 15 is 0 Å². The van der Waals surface area contributed by atoms with Crippen molar-refractivity contribution in [2.45, 2.75) is 19.8 Å². The second-order valence-electron chi connectivity index (χ2n) is 5.38. The highest BCUT2D eigenvalue weighted by atomic mass is 16.5. The number of benzene rings is 1. The summed E-state index contributed by atoms with van der Waals surface area (Å²) in [5.41, 5.74) is 0.280. The lowest BCUT2D eigenvalue weighted by Crippen LogP contribution is -2.27. The molecule has 116 valence electrons. The second kappa shape index (κ2) is 7.42. The lowest BCUT2D eigenvalue weighted by molar-refractivity contribution is -0.139. The Kier molecular flexibility index (Phi) is 5.33. The highest BCUT2D eigenvalue weighted by Crippen LogP contribution is 2.45. The number of nitriles is 2. The van der Waals surface area contributed by atoms with Gasteiger partial charge in [0, 0.05) is 11.5 Å². The predicted octanol–water partition coefficient (Wildman–Crippen LogP) is 3.63. The van der Waals surface area contributed by atoms with Crippen molar-refractivity contribution in [1.82, 2.24) is 0 Å². The van der Waals surface area contributed by atoms with Gasteiger partial charge in [0.25, 0.3) is 0 Å². The highest BCUT2D eigenvalue weighted by Gasteiger charge is 2.47. The minimum atomic E-state index is -1.19. The van der Waals surface area contributed by atoms with E-state index in [-0.39, 0.29) is 13.0 Å². The van der Waals surface area contributed by atoms with Gasteiger partial charge in [0.2, 0.25) is 0 Å². The molecular formula is C19H18N2O2. The van der Waals surface area contributed by atoms with Crippen LogP contribution in [-0.2, 0) is 9.53 Å². The minimum Gasteiger partial charge on any atom is -0.463 e. The largest absolute Gasteiger partial charge is 0.463 e. The van der Waals surface area contributed by atoms with Gasteiger partial charge in [-0.2, -0.15) is 10.5 Å². The molecule has 0 saturated heterocycles. The van der Waals surface area contributed by atoms with Crippen LogP contribution < -0.4 is 0 Å². The summed E-state index contributed by atoms with van der Waals surface area (Å²) in [6.45, 7) is 2.01. The Hall–Kier alpha value is -2.85. The number of hydrogen-bond donors (Lipinski definition) is 0. The first-order valence-electron chi connectivity index (χ1n) is 7.58. The lowest BCUT2D eigenvalue weighted by atomic mass is 9.75. The van der Waals surface area contributed by atoms with E-state index in [1.165, 1.54) is 0 Å². The molecule has 0 heterocycles. The third kappa shape index (κ3) is 3.49. The van der Waals surface area contributed by atoms with Gasteiger partial charge in [-0.3, -0.25) is 0 Å². The number of esters is 1. The average Bonchev–Trinajstić information content (AvgIpc) is 2.95. The van der Waals surface area contributed by atoms with Crippen LogP contribution in [0.3, 0.4) is 0 Å². The van der Waals surface area contributed by atoms with E-state index in [1.807, 2.05) is 42.5 Å². The fourth-order valence-corrected chi connectivity index (χ4v) is 2.77. The molecule has 0 radical (unpaired) electrons. The van der Waals surface area contributed by atoms with Crippen molar-refractivity contribution in [2.75, 3.05) is 6.61 Å². The third-order valence-electron chi connectivity index (χ3n) is 4.01. The lowest BCUT2D eigenvalue weighted by Gasteiger charge is -2.22. The zero-order valence-electron chi connectivity index (χ0n) is 13.0. The second-order valence-corrected chi connectivity index (χ2v) is 5.38. The molecule has 0 fully saturated rings. The molecule has 4 nitrogen and oxygen atoms in total. The van der Waals surface area contributed by atoms with Crippen LogP contribution in [0, 0.1) is 34.0 Å². The Morgan fingerprint density at radius 3 is 2.65 bits per heavy atom. The van der Waals surface area contributed by atoms with Crippen molar-refractivity contribution < 1.29 is 9.53 Å². The van der Waals surface area contributed by atoms with Crippen molar-refractivity contribution >= 4 is 12.0 Å². The van der Waals surface area contributed by atoms with Crippen LogP contribution in [0.4, 0.5) is 0 Å². The fourth-order valence-electron chi connectivity index (χ4n) is 2.77. The molecule has 23 heavy (non-hydrogen) atoms. The Balaban J connectivity index is 2.20. The number of nitrogens with zero attached hydrogens (tertiary/aromatic N) is 2. The molecule has 1 aliphatic rings. The molecule has 1 aromatic rings. The quantitative estimate of drug-likeness (QED) is 0.778. The van der Waals surface area contributed by atoms with Crippen LogP contribution in [-0.4, -0.2) is 12.6 Å². The maximum absolute atomic E-state index is 12.1. The fraction of sp³-hybridized carbons (Fsp3) is 0.316. The summed E-state index contributed by atoms with van der Waals surface area (Å²) in [5, 5.41) is 18.9. The highest BCUT2D eigenvalue weighted by molar-refractivity contribution is 5.90. The summed E-state index contributed by atoms with van der Waals surface area (Å²) >= 11 is 0. The molecule has 1 aromatic carbocycles. The van der Waals surface area contributed by atoms with Gasteiger partial charge in [-0.05, 0) is 25.3 Å². The number of carbonyl (C=O) groups is 1. The SMILES string of the molecule is CCOC(=O)C1=CCC(C#N)(C#N)C1C/C=C/c1ccccc1. The summed E-state index contributed by atoms with van der Waals surface area (Å²) in [6.07, 6.45) is 6.21. The Labute approximate surface area is 136 Å². The van der Waals surface area contributed by atoms with Crippen LogP contribution in [0.2, 0.25) is 0 Å². The average molecular weight is 306 g/mol. The standard InChI is InChI=1S/C19H18N2O2/c1-2-23-18(22)16-11-12-19(13-20,14-21)17(16)10-6-9-15-7-4-3-5-8-15/h3-9,11,17H,2,10,12H2,1H3/b9-6+. The molecule has 0 bridgehead atoms.